The predicted octanol–water partition coefficient (Wildman–Crippen LogP) is 4.74. The number of hydrogen-bond donors (Lipinski definition) is 3. The molecule has 0 saturated heterocycles. The van der Waals surface area contributed by atoms with Gasteiger partial charge >= 0.3 is 0 Å². The second-order valence-corrected chi connectivity index (χ2v) is 7.96. The van der Waals surface area contributed by atoms with E-state index in [2.05, 4.69) is 30.5 Å². The van der Waals surface area contributed by atoms with Crippen LogP contribution in [0.25, 0.3) is 44.7 Å². The lowest BCUT2D eigenvalue weighted by atomic mass is 10.1. The fraction of sp³-hybridized carbons (Fsp3) is 0.0385. The number of rotatable bonds is 5. The fourth-order valence-electron chi connectivity index (χ4n) is 3.97. The van der Waals surface area contributed by atoms with E-state index in [4.69, 9.17) is 4.98 Å². The summed E-state index contributed by atoms with van der Waals surface area (Å²) in [5.74, 6) is -0.0990. The second-order valence-electron chi connectivity index (χ2n) is 7.96. The highest BCUT2D eigenvalue weighted by atomic mass is 16.1. The Kier molecular flexibility index (Phi) is 4.81. The standard InChI is InChI=1S/C26H19N7O/c34-23(11-16-5-2-1-3-6-16)29-19-12-18(14-27-15-19)20-8-9-21-24(30-20)25(33-32-21)22-13-17-7-4-10-28-26(17)31-22/h1-10,12-15H,11H2,(H,28,31)(H,29,34)(H,32,33). The van der Waals surface area contributed by atoms with Gasteiger partial charge in [-0.3, -0.25) is 14.9 Å². The van der Waals surface area contributed by atoms with Crippen LogP contribution in [0.3, 0.4) is 0 Å². The zero-order chi connectivity index (χ0) is 22.9. The molecule has 0 saturated carbocycles. The molecule has 6 rings (SSSR count). The maximum Gasteiger partial charge on any atom is 0.228 e. The number of anilines is 1. The van der Waals surface area contributed by atoms with Gasteiger partial charge in [0, 0.05) is 23.3 Å². The molecular weight excluding hydrogens is 426 g/mol. The molecule has 8 heteroatoms. The molecule has 0 bridgehead atoms. The molecule has 1 amide bonds. The van der Waals surface area contributed by atoms with Gasteiger partial charge in [0.25, 0.3) is 0 Å². The Labute approximate surface area is 194 Å². The number of nitrogens with one attached hydrogen (secondary N) is 3. The Balaban J connectivity index is 1.30. The van der Waals surface area contributed by atoms with Crippen molar-refractivity contribution in [3.05, 3.63) is 90.9 Å². The Morgan fingerprint density at radius 1 is 0.971 bits per heavy atom. The van der Waals surface area contributed by atoms with Crippen molar-refractivity contribution in [2.75, 3.05) is 5.32 Å². The minimum absolute atomic E-state index is 0.0990. The van der Waals surface area contributed by atoms with Crippen molar-refractivity contribution >= 4 is 33.7 Å². The third-order valence-corrected chi connectivity index (χ3v) is 5.58. The van der Waals surface area contributed by atoms with Gasteiger partial charge in [0.15, 0.2) is 0 Å². The number of carbonyl (C=O) groups is 1. The van der Waals surface area contributed by atoms with Gasteiger partial charge in [0.05, 0.1) is 35.2 Å². The molecule has 6 aromatic rings. The molecule has 164 valence electrons. The molecule has 34 heavy (non-hydrogen) atoms. The number of H-pyrrole nitrogens is 2. The van der Waals surface area contributed by atoms with Crippen LogP contribution in [0, 0.1) is 0 Å². The van der Waals surface area contributed by atoms with Gasteiger partial charge < -0.3 is 10.3 Å². The van der Waals surface area contributed by atoms with E-state index in [9.17, 15) is 4.79 Å². The summed E-state index contributed by atoms with van der Waals surface area (Å²) >= 11 is 0. The van der Waals surface area contributed by atoms with Crippen LogP contribution < -0.4 is 5.32 Å². The first-order valence-electron chi connectivity index (χ1n) is 10.8. The van der Waals surface area contributed by atoms with E-state index >= 15 is 0 Å². The molecule has 5 aromatic heterocycles. The summed E-state index contributed by atoms with van der Waals surface area (Å²) in [5.41, 5.74) is 7.02. The van der Waals surface area contributed by atoms with Gasteiger partial charge in [-0.2, -0.15) is 5.10 Å². The first kappa shape index (κ1) is 19.8. The summed E-state index contributed by atoms with van der Waals surface area (Å²) in [6.07, 6.45) is 5.41. The van der Waals surface area contributed by atoms with E-state index < -0.39 is 0 Å². The number of amides is 1. The highest BCUT2D eigenvalue weighted by molar-refractivity contribution is 5.94. The third-order valence-electron chi connectivity index (χ3n) is 5.58. The lowest BCUT2D eigenvalue weighted by Crippen LogP contribution is -2.14. The molecule has 0 unspecified atom stereocenters. The summed E-state index contributed by atoms with van der Waals surface area (Å²) in [6.45, 7) is 0. The third kappa shape index (κ3) is 3.77. The van der Waals surface area contributed by atoms with Gasteiger partial charge in [-0.1, -0.05) is 30.3 Å². The van der Waals surface area contributed by atoms with E-state index in [1.165, 1.54) is 0 Å². The molecule has 0 aliphatic heterocycles. The number of aromatic amines is 2. The number of nitrogens with zero attached hydrogens (tertiary/aromatic N) is 4. The van der Waals surface area contributed by atoms with Crippen LogP contribution >= 0.6 is 0 Å². The molecule has 0 atom stereocenters. The molecule has 0 aliphatic rings. The first-order valence-corrected chi connectivity index (χ1v) is 10.8. The maximum absolute atomic E-state index is 12.5. The first-order chi connectivity index (χ1) is 16.7. The monoisotopic (exact) mass is 445 g/mol. The lowest BCUT2D eigenvalue weighted by Gasteiger charge is -2.07. The van der Waals surface area contributed by atoms with Crippen LogP contribution in [0.5, 0.6) is 0 Å². The highest BCUT2D eigenvalue weighted by Crippen LogP contribution is 2.29. The number of benzene rings is 1. The Morgan fingerprint density at radius 3 is 2.76 bits per heavy atom. The van der Waals surface area contributed by atoms with Crippen molar-refractivity contribution in [2.45, 2.75) is 6.42 Å². The second kappa shape index (κ2) is 8.25. The number of aromatic nitrogens is 6. The van der Waals surface area contributed by atoms with Gasteiger partial charge in [0.1, 0.15) is 16.9 Å². The number of carbonyl (C=O) groups excluding carboxylic acids is 1. The predicted molar refractivity (Wildman–Crippen MR) is 131 cm³/mol. The SMILES string of the molecule is O=C(Cc1ccccc1)Nc1cncc(-c2ccc3[nH]nc(-c4cc5cccnc5[nH]4)c3n2)c1. The average molecular weight is 445 g/mol. The van der Waals surface area contributed by atoms with E-state index in [-0.39, 0.29) is 5.91 Å². The van der Waals surface area contributed by atoms with Crippen LogP contribution in [-0.4, -0.2) is 36.0 Å². The van der Waals surface area contributed by atoms with Gasteiger partial charge in [0.2, 0.25) is 5.91 Å². The van der Waals surface area contributed by atoms with Gasteiger partial charge in [-0.25, -0.2) is 9.97 Å². The van der Waals surface area contributed by atoms with Crippen LogP contribution in [0.4, 0.5) is 5.69 Å². The Bertz CT molecular complexity index is 1600. The maximum atomic E-state index is 12.5. The number of pyridine rings is 3. The van der Waals surface area contributed by atoms with Crippen molar-refractivity contribution in [2.24, 2.45) is 0 Å². The van der Waals surface area contributed by atoms with Crippen LogP contribution in [0.15, 0.2) is 85.3 Å². The molecular formula is C26H19N7O. The normalized spacial score (nSPS) is 11.2. The van der Waals surface area contributed by atoms with Crippen LogP contribution in [0.2, 0.25) is 0 Å². The zero-order valence-electron chi connectivity index (χ0n) is 18.0. The van der Waals surface area contributed by atoms with Gasteiger partial charge in [-0.05, 0) is 42.0 Å². The molecule has 0 spiro atoms. The summed E-state index contributed by atoms with van der Waals surface area (Å²) in [4.78, 5) is 29.3. The minimum Gasteiger partial charge on any atom is -0.338 e. The van der Waals surface area contributed by atoms with Crippen molar-refractivity contribution in [1.29, 1.82) is 0 Å². The van der Waals surface area contributed by atoms with E-state index in [1.54, 1.807) is 18.6 Å². The molecule has 5 heterocycles. The highest BCUT2D eigenvalue weighted by Gasteiger charge is 2.14. The smallest absolute Gasteiger partial charge is 0.228 e. The van der Waals surface area contributed by atoms with E-state index in [1.807, 2.05) is 66.7 Å². The summed E-state index contributed by atoms with van der Waals surface area (Å²) in [5, 5.41) is 11.5. The summed E-state index contributed by atoms with van der Waals surface area (Å²) < 4.78 is 0. The number of fused-ring (bicyclic) bond motifs is 2. The van der Waals surface area contributed by atoms with Crippen LogP contribution in [0.1, 0.15) is 5.56 Å². The average Bonchev–Trinajstić information content (AvgIpc) is 3.48. The zero-order valence-corrected chi connectivity index (χ0v) is 18.0. The molecule has 0 fully saturated rings. The van der Waals surface area contributed by atoms with E-state index in [0.717, 1.165) is 50.3 Å². The van der Waals surface area contributed by atoms with Crippen molar-refractivity contribution in [3.63, 3.8) is 0 Å². The largest absolute Gasteiger partial charge is 0.338 e. The van der Waals surface area contributed by atoms with Crippen molar-refractivity contribution in [3.8, 4) is 22.6 Å². The van der Waals surface area contributed by atoms with Gasteiger partial charge in [-0.15, -0.1) is 0 Å². The van der Waals surface area contributed by atoms with Crippen molar-refractivity contribution < 1.29 is 4.79 Å². The van der Waals surface area contributed by atoms with Crippen molar-refractivity contribution in [1.82, 2.24) is 30.1 Å². The molecule has 0 radical (unpaired) electrons. The summed E-state index contributed by atoms with van der Waals surface area (Å²) in [7, 11) is 0. The molecule has 1 aromatic carbocycles. The quantitative estimate of drug-likeness (QED) is 0.355. The van der Waals surface area contributed by atoms with Crippen LogP contribution in [-0.2, 0) is 11.2 Å². The topological polar surface area (TPSA) is 112 Å². The van der Waals surface area contributed by atoms with E-state index in [0.29, 0.717) is 12.1 Å². The summed E-state index contributed by atoms with van der Waals surface area (Å²) in [6, 6.07) is 21.3. The minimum atomic E-state index is -0.0990. The fourth-order valence-corrected chi connectivity index (χ4v) is 3.97. The number of hydrogen-bond acceptors (Lipinski definition) is 5. The Hall–Kier alpha value is -4.85. The lowest BCUT2D eigenvalue weighted by molar-refractivity contribution is -0.115. The molecule has 0 aliphatic carbocycles. The Morgan fingerprint density at radius 2 is 1.88 bits per heavy atom. The molecule has 8 nitrogen and oxygen atoms in total. The molecule has 3 N–H and O–H groups in total.